The molecule has 2 aromatic heterocycles. The van der Waals surface area contributed by atoms with E-state index in [1.54, 1.807) is 6.20 Å². The molecule has 1 saturated heterocycles. The van der Waals surface area contributed by atoms with Crippen LogP contribution >= 0.6 is 11.3 Å². The average molecular weight is 304 g/mol. The van der Waals surface area contributed by atoms with Crippen molar-refractivity contribution < 1.29 is 4.79 Å². The predicted molar refractivity (Wildman–Crippen MR) is 82.5 cm³/mol. The Kier molecular flexibility index (Phi) is 3.57. The number of rotatable bonds is 2. The first kappa shape index (κ1) is 14.3. The molecule has 1 amide bonds. The van der Waals surface area contributed by atoms with E-state index in [-0.39, 0.29) is 11.9 Å². The predicted octanol–water partition coefficient (Wildman–Crippen LogP) is 2.78. The summed E-state index contributed by atoms with van der Waals surface area (Å²) in [7, 11) is 1.96. The van der Waals surface area contributed by atoms with Gasteiger partial charge >= 0.3 is 0 Å². The average Bonchev–Trinajstić information content (AvgIpc) is 3.11. The van der Waals surface area contributed by atoms with E-state index in [9.17, 15) is 4.79 Å². The van der Waals surface area contributed by atoms with E-state index >= 15 is 0 Å². The van der Waals surface area contributed by atoms with Crippen molar-refractivity contribution in [3.8, 4) is 0 Å². The molecule has 1 atom stereocenters. The molecule has 2 aromatic rings. The third-order valence-corrected chi connectivity index (χ3v) is 5.14. The lowest BCUT2D eigenvalue weighted by atomic mass is 10.0. The second-order valence-electron chi connectivity index (χ2n) is 5.61. The minimum absolute atomic E-state index is 0.103. The highest BCUT2D eigenvalue weighted by Gasteiger charge is 2.34. The minimum atomic E-state index is 0.103. The third-order valence-electron chi connectivity index (χ3n) is 4.24. The number of hydrogen-bond acceptors (Lipinski definition) is 4. The van der Waals surface area contributed by atoms with Crippen LogP contribution in [0.4, 0.5) is 0 Å². The number of nitrogens with zero attached hydrogens (tertiary/aromatic N) is 4. The summed E-state index contributed by atoms with van der Waals surface area (Å²) in [6.45, 7) is 6.85. The maximum absolute atomic E-state index is 12.7. The van der Waals surface area contributed by atoms with Crippen LogP contribution in [0.2, 0.25) is 0 Å². The van der Waals surface area contributed by atoms with E-state index in [1.165, 1.54) is 16.9 Å². The summed E-state index contributed by atoms with van der Waals surface area (Å²) >= 11 is 1.47. The molecule has 112 valence electrons. The van der Waals surface area contributed by atoms with Gasteiger partial charge in [-0.05, 0) is 33.6 Å². The van der Waals surface area contributed by atoms with Crippen LogP contribution in [-0.4, -0.2) is 32.1 Å². The quantitative estimate of drug-likeness (QED) is 0.857. The molecule has 0 bridgehead atoms. The van der Waals surface area contributed by atoms with E-state index in [0.29, 0.717) is 0 Å². The van der Waals surface area contributed by atoms with Crippen molar-refractivity contribution in [1.82, 2.24) is 19.7 Å². The molecule has 3 heterocycles. The Morgan fingerprint density at radius 1 is 1.38 bits per heavy atom. The van der Waals surface area contributed by atoms with Gasteiger partial charge in [-0.15, -0.1) is 11.3 Å². The summed E-state index contributed by atoms with van der Waals surface area (Å²) in [6, 6.07) is 0.147. The molecule has 0 N–H and O–H groups in total. The Bertz CT molecular complexity index is 688. The number of aryl methyl sites for hydroxylation is 3. The van der Waals surface area contributed by atoms with Gasteiger partial charge in [-0.1, -0.05) is 0 Å². The van der Waals surface area contributed by atoms with Crippen LogP contribution in [0.25, 0.3) is 0 Å². The van der Waals surface area contributed by atoms with Gasteiger partial charge in [-0.3, -0.25) is 9.48 Å². The van der Waals surface area contributed by atoms with Gasteiger partial charge < -0.3 is 4.90 Å². The van der Waals surface area contributed by atoms with Crippen molar-refractivity contribution in [3.05, 3.63) is 33.0 Å². The van der Waals surface area contributed by atoms with Crippen LogP contribution < -0.4 is 0 Å². The molecule has 1 aliphatic heterocycles. The molecule has 5 nitrogen and oxygen atoms in total. The lowest BCUT2D eigenvalue weighted by molar-refractivity contribution is 0.0739. The maximum Gasteiger partial charge on any atom is 0.266 e. The van der Waals surface area contributed by atoms with E-state index < -0.39 is 0 Å². The van der Waals surface area contributed by atoms with Gasteiger partial charge in [0.05, 0.1) is 22.9 Å². The molecule has 0 radical (unpaired) electrons. The Hall–Kier alpha value is -1.69. The molecule has 1 aliphatic rings. The van der Waals surface area contributed by atoms with E-state index in [0.717, 1.165) is 40.7 Å². The van der Waals surface area contributed by atoms with Gasteiger partial charge in [0.25, 0.3) is 5.91 Å². The monoisotopic (exact) mass is 304 g/mol. The number of carbonyl (C=O) groups excluding carboxylic acids is 1. The zero-order valence-electron chi connectivity index (χ0n) is 12.9. The highest BCUT2D eigenvalue weighted by Crippen LogP contribution is 2.36. The second kappa shape index (κ2) is 5.26. The number of aromatic nitrogens is 3. The molecule has 0 saturated carbocycles. The van der Waals surface area contributed by atoms with Crippen molar-refractivity contribution in [2.75, 3.05) is 6.54 Å². The van der Waals surface area contributed by atoms with Gasteiger partial charge in [0, 0.05) is 24.8 Å². The molecule has 21 heavy (non-hydrogen) atoms. The highest BCUT2D eigenvalue weighted by molar-refractivity contribution is 7.13. The Morgan fingerprint density at radius 3 is 2.71 bits per heavy atom. The molecular formula is C15H20N4OS. The largest absolute Gasteiger partial charge is 0.331 e. The Morgan fingerprint density at radius 2 is 2.14 bits per heavy atom. The van der Waals surface area contributed by atoms with Crippen LogP contribution in [0.1, 0.15) is 50.5 Å². The summed E-state index contributed by atoms with van der Waals surface area (Å²) in [5, 5.41) is 5.43. The first-order valence-corrected chi connectivity index (χ1v) is 8.04. The maximum atomic E-state index is 12.7. The Balaban J connectivity index is 1.94. The van der Waals surface area contributed by atoms with Gasteiger partial charge in [-0.2, -0.15) is 5.10 Å². The molecule has 0 aliphatic carbocycles. The summed E-state index contributed by atoms with van der Waals surface area (Å²) in [5.74, 6) is 0.103. The lowest BCUT2D eigenvalue weighted by Gasteiger charge is -2.24. The van der Waals surface area contributed by atoms with E-state index in [1.807, 2.05) is 30.5 Å². The smallest absolute Gasteiger partial charge is 0.266 e. The summed E-state index contributed by atoms with van der Waals surface area (Å²) in [4.78, 5) is 19.7. The fraction of sp³-hybridized carbons (Fsp3) is 0.533. The highest BCUT2D eigenvalue weighted by atomic mass is 32.1. The summed E-state index contributed by atoms with van der Waals surface area (Å²) < 4.78 is 1.91. The van der Waals surface area contributed by atoms with E-state index in [2.05, 4.69) is 17.0 Å². The summed E-state index contributed by atoms with van der Waals surface area (Å²) in [6.07, 6.45) is 3.75. The van der Waals surface area contributed by atoms with Crippen LogP contribution in [0.15, 0.2) is 6.20 Å². The van der Waals surface area contributed by atoms with Crippen molar-refractivity contribution in [1.29, 1.82) is 0 Å². The number of carbonyl (C=O) groups is 1. The molecule has 0 spiro atoms. The van der Waals surface area contributed by atoms with Crippen LogP contribution in [0.3, 0.4) is 0 Å². The zero-order valence-corrected chi connectivity index (χ0v) is 13.7. The van der Waals surface area contributed by atoms with Gasteiger partial charge in [-0.25, -0.2) is 4.98 Å². The Labute approximate surface area is 128 Å². The zero-order chi connectivity index (χ0) is 15.1. The number of likely N-dealkylation sites (tertiary alicyclic amines) is 1. The lowest BCUT2D eigenvalue weighted by Crippen LogP contribution is -2.30. The van der Waals surface area contributed by atoms with Gasteiger partial charge in [0.1, 0.15) is 4.88 Å². The standard InChI is InChI=1S/C15H20N4OS/c1-9-14(10(2)18(4)17-9)12-6-5-7-19(12)15(20)13-8-16-11(3)21-13/h8,12H,5-7H2,1-4H3/t12-/m1/s1. The number of amides is 1. The van der Waals surface area contributed by atoms with Crippen molar-refractivity contribution >= 4 is 17.2 Å². The first-order valence-electron chi connectivity index (χ1n) is 7.22. The molecule has 0 aromatic carbocycles. The number of hydrogen-bond donors (Lipinski definition) is 0. The topological polar surface area (TPSA) is 51.0 Å². The van der Waals surface area contributed by atoms with Crippen molar-refractivity contribution in [2.24, 2.45) is 7.05 Å². The molecule has 1 fully saturated rings. The van der Waals surface area contributed by atoms with Gasteiger partial charge in [0.15, 0.2) is 0 Å². The molecular weight excluding hydrogens is 284 g/mol. The molecule has 3 rings (SSSR count). The second-order valence-corrected chi connectivity index (χ2v) is 6.84. The molecule has 6 heteroatoms. The fourth-order valence-electron chi connectivity index (χ4n) is 3.18. The van der Waals surface area contributed by atoms with Crippen LogP contribution in [0, 0.1) is 20.8 Å². The number of thiazole rings is 1. The minimum Gasteiger partial charge on any atom is -0.331 e. The van der Waals surface area contributed by atoms with E-state index in [4.69, 9.17) is 0 Å². The fourth-order valence-corrected chi connectivity index (χ4v) is 3.92. The van der Waals surface area contributed by atoms with Crippen LogP contribution in [0.5, 0.6) is 0 Å². The normalized spacial score (nSPS) is 18.5. The summed E-state index contributed by atoms with van der Waals surface area (Å²) in [5.41, 5.74) is 3.39. The first-order chi connectivity index (χ1) is 9.99. The van der Waals surface area contributed by atoms with Gasteiger partial charge in [0.2, 0.25) is 0 Å². The molecule has 0 unspecified atom stereocenters. The van der Waals surface area contributed by atoms with Crippen molar-refractivity contribution in [2.45, 2.75) is 39.7 Å². The van der Waals surface area contributed by atoms with Crippen LogP contribution in [-0.2, 0) is 7.05 Å². The SMILES string of the molecule is Cc1ncc(C(=O)N2CCC[C@@H]2c2c(C)nn(C)c2C)s1. The third kappa shape index (κ3) is 2.37. The van der Waals surface area contributed by atoms with Crippen molar-refractivity contribution in [3.63, 3.8) is 0 Å².